The Morgan fingerprint density at radius 1 is 1.29 bits per heavy atom. The summed E-state index contributed by atoms with van der Waals surface area (Å²) in [5.74, 6) is 1.61. The summed E-state index contributed by atoms with van der Waals surface area (Å²) >= 11 is 0. The highest BCUT2D eigenvalue weighted by Crippen LogP contribution is 2.29. The van der Waals surface area contributed by atoms with Crippen LogP contribution in [0.4, 0.5) is 11.8 Å². The van der Waals surface area contributed by atoms with Crippen molar-refractivity contribution in [2.75, 3.05) is 43.9 Å². The average Bonchev–Trinajstić information content (AvgIpc) is 3.27. The number of aliphatic hydroxyl groups is 1. The van der Waals surface area contributed by atoms with E-state index in [0.29, 0.717) is 65.9 Å². The molecule has 4 rings (SSSR count). The van der Waals surface area contributed by atoms with Gasteiger partial charge in [0, 0.05) is 37.1 Å². The van der Waals surface area contributed by atoms with Crippen LogP contribution in [0.25, 0.3) is 10.9 Å². The molecule has 146 valence electrons. The summed E-state index contributed by atoms with van der Waals surface area (Å²) < 4.78 is 10.5. The first-order chi connectivity index (χ1) is 13.6. The van der Waals surface area contributed by atoms with Crippen molar-refractivity contribution in [2.24, 2.45) is 0 Å². The molecule has 0 saturated carbocycles. The molecule has 0 bridgehead atoms. The zero-order chi connectivity index (χ0) is 19.7. The number of nitrogens with two attached hydrogens (primary N) is 1. The summed E-state index contributed by atoms with van der Waals surface area (Å²) in [4.78, 5) is 25.2. The maximum atomic E-state index is 12.4. The molecule has 3 heterocycles. The van der Waals surface area contributed by atoms with E-state index in [2.05, 4.69) is 9.97 Å². The number of hydrogen-bond donors (Lipinski definition) is 2. The summed E-state index contributed by atoms with van der Waals surface area (Å²) in [6.45, 7) is 2.07. The monoisotopic (exact) mass is 383 g/mol. The topological polar surface area (TPSA) is 118 Å². The molecule has 3 N–H and O–H groups in total. The fourth-order valence-corrected chi connectivity index (χ4v) is 3.33. The molecule has 1 saturated heterocycles. The van der Waals surface area contributed by atoms with Gasteiger partial charge in [0.1, 0.15) is 11.6 Å². The Balaban J connectivity index is 1.56. The number of carbonyl (C=O) groups is 1. The van der Waals surface area contributed by atoms with E-state index in [4.69, 9.17) is 14.9 Å². The summed E-state index contributed by atoms with van der Waals surface area (Å²) in [5.41, 5.74) is 7.42. The smallest absolute Gasteiger partial charge is 0.289 e. The van der Waals surface area contributed by atoms with E-state index < -0.39 is 0 Å². The van der Waals surface area contributed by atoms with Crippen LogP contribution in [0.15, 0.2) is 34.9 Å². The molecule has 3 aromatic rings. The second-order valence-corrected chi connectivity index (χ2v) is 6.50. The van der Waals surface area contributed by atoms with E-state index in [1.54, 1.807) is 29.2 Å². The lowest BCUT2D eigenvalue weighted by molar-refractivity contribution is 0.0714. The number of anilines is 2. The van der Waals surface area contributed by atoms with Crippen molar-refractivity contribution >= 4 is 28.6 Å². The van der Waals surface area contributed by atoms with Crippen molar-refractivity contribution in [2.45, 2.75) is 6.61 Å². The van der Waals surface area contributed by atoms with E-state index in [1.807, 2.05) is 4.90 Å². The molecule has 1 aliphatic heterocycles. The largest absolute Gasteiger partial charge is 0.496 e. The molecule has 9 heteroatoms. The number of piperazine rings is 1. The Bertz CT molecular complexity index is 997. The summed E-state index contributed by atoms with van der Waals surface area (Å²) in [5, 5.41) is 10.2. The highest BCUT2D eigenvalue weighted by molar-refractivity contribution is 5.92. The van der Waals surface area contributed by atoms with Crippen LogP contribution >= 0.6 is 0 Å². The molecule has 1 aliphatic rings. The number of rotatable bonds is 4. The fourth-order valence-electron chi connectivity index (χ4n) is 3.33. The normalized spacial score (nSPS) is 14.5. The van der Waals surface area contributed by atoms with Gasteiger partial charge in [0.05, 0.1) is 25.5 Å². The molecule has 0 unspecified atom stereocenters. The molecular formula is C19H21N5O4. The number of furan rings is 1. The summed E-state index contributed by atoms with van der Waals surface area (Å²) in [7, 11) is 1.54. The molecule has 1 amide bonds. The standard InChI is InChI=1S/C19H21N5O4/c1-27-16-10-13-14(9-12(16)11-25)21-19(22-17(13)20)24-6-4-23(5-7-24)18(26)15-3-2-8-28-15/h2-3,8-10,25H,4-7,11H2,1H3,(H2,20,21,22). The SMILES string of the molecule is COc1cc2c(N)nc(N3CCN(C(=O)c4ccco4)CC3)nc2cc1CO. The van der Waals surface area contributed by atoms with Crippen molar-refractivity contribution in [1.29, 1.82) is 0 Å². The minimum Gasteiger partial charge on any atom is -0.496 e. The number of nitrogen functional groups attached to an aromatic ring is 1. The van der Waals surface area contributed by atoms with Crippen molar-refractivity contribution in [3.63, 3.8) is 0 Å². The van der Waals surface area contributed by atoms with Crippen LogP contribution < -0.4 is 15.4 Å². The second kappa shape index (κ2) is 7.35. The number of benzene rings is 1. The number of amides is 1. The van der Waals surface area contributed by atoms with Crippen LogP contribution in [0.2, 0.25) is 0 Å². The van der Waals surface area contributed by atoms with Gasteiger partial charge in [0.2, 0.25) is 5.95 Å². The van der Waals surface area contributed by atoms with Crippen molar-refractivity contribution in [1.82, 2.24) is 14.9 Å². The Labute approximate surface area is 161 Å². The first-order valence-electron chi connectivity index (χ1n) is 8.93. The number of ether oxygens (including phenoxy) is 1. The molecule has 0 radical (unpaired) electrons. The van der Waals surface area contributed by atoms with Gasteiger partial charge in [-0.15, -0.1) is 0 Å². The minimum atomic E-state index is -0.161. The van der Waals surface area contributed by atoms with Gasteiger partial charge in [-0.1, -0.05) is 0 Å². The van der Waals surface area contributed by atoms with Crippen LogP contribution in [-0.4, -0.2) is 59.2 Å². The van der Waals surface area contributed by atoms with E-state index >= 15 is 0 Å². The van der Waals surface area contributed by atoms with Crippen molar-refractivity contribution < 1.29 is 19.1 Å². The van der Waals surface area contributed by atoms with Gasteiger partial charge in [-0.2, -0.15) is 4.98 Å². The Morgan fingerprint density at radius 2 is 2.07 bits per heavy atom. The zero-order valence-electron chi connectivity index (χ0n) is 15.5. The second-order valence-electron chi connectivity index (χ2n) is 6.50. The van der Waals surface area contributed by atoms with Crippen LogP contribution in [0.3, 0.4) is 0 Å². The van der Waals surface area contributed by atoms with Gasteiger partial charge < -0.3 is 29.8 Å². The third-order valence-electron chi connectivity index (χ3n) is 4.87. The lowest BCUT2D eigenvalue weighted by Crippen LogP contribution is -2.49. The van der Waals surface area contributed by atoms with E-state index in [9.17, 15) is 9.90 Å². The van der Waals surface area contributed by atoms with E-state index in [-0.39, 0.29) is 12.5 Å². The quantitative estimate of drug-likeness (QED) is 0.691. The number of methoxy groups -OCH3 is 1. The first kappa shape index (κ1) is 18.1. The predicted octanol–water partition coefficient (Wildman–Crippen LogP) is 1.27. The first-order valence-corrected chi connectivity index (χ1v) is 8.93. The van der Waals surface area contributed by atoms with Crippen LogP contribution in [0, 0.1) is 0 Å². The number of carbonyl (C=O) groups excluding carboxylic acids is 1. The summed E-state index contributed by atoms with van der Waals surface area (Å²) in [6.07, 6.45) is 1.49. The fraction of sp³-hybridized carbons (Fsp3) is 0.316. The molecule has 28 heavy (non-hydrogen) atoms. The Hall–Kier alpha value is -3.33. The molecule has 0 atom stereocenters. The molecule has 0 aliphatic carbocycles. The van der Waals surface area contributed by atoms with Gasteiger partial charge in [0.15, 0.2) is 5.76 Å². The average molecular weight is 383 g/mol. The van der Waals surface area contributed by atoms with Gasteiger partial charge in [-0.25, -0.2) is 4.98 Å². The van der Waals surface area contributed by atoms with Crippen molar-refractivity contribution in [3.8, 4) is 5.75 Å². The van der Waals surface area contributed by atoms with Crippen LogP contribution in [-0.2, 0) is 6.61 Å². The number of hydrogen-bond acceptors (Lipinski definition) is 8. The Kier molecular flexibility index (Phi) is 4.74. The molecular weight excluding hydrogens is 362 g/mol. The van der Waals surface area contributed by atoms with Crippen LogP contribution in [0.5, 0.6) is 5.75 Å². The zero-order valence-corrected chi connectivity index (χ0v) is 15.5. The third-order valence-corrected chi connectivity index (χ3v) is 4.87. The van der Waals surface area contributed by atoms with E-state index in [1.165, 1.54) is 13.4 Å². The number of aromatic nitrogens is 2. The Morgan fingerprint density at radius 3 is 2.71 bits per heavy atom. The van der Waals surface area contributed by atoms with E-state index in [0.717, 1.165) is 0 Å². The van der Waals surface area contributed by atoms with Crippen LogP contribution in [0.1, 0.15) is 16.1 Å². The number of fused-ring (bicyclic) bond motifs is 1. The lowest BCUT2D eigenvalue weighted by Gasteiger charge is -2.34. The number of nitrogens with zero attached hydrogens (tertiary/aromatic N) is 4. The number of aliphatic hydroxyl groups excluding tert-OH is 1. The molecule has 1 aromatic carbocycles. The molecule has 9 nitrogen and oxygen atoms in total. The van der Waals surface area contributed by atoms with Crippen molar-refractivity contribution in [3.05, 3.63) is 41.9 Å². The molecule has 0 spiro atoms. The van der Waals surface area contributed by atoms with Gasteiger partial charge in [-0.3, -0.25) is 4.79 Å². The van der Waals surface area contributed by atoms with Gasteiger partial charge in [0.25, 0.3) is 5.91 Å². The lowest BCUT2D eigenvalue weighted by atomic mass is 10.1. The predicted molar refractivity (Wildman–Crippen MR) is 103 cm³/mol. The third kappa shape index (κ3) is 3.20. The maximum absolute atomic E-state index is 12.4. The molecule has 1 fully saturated rings. The maximum Gasteiger partial charge on any atom is 0.289 e. The van der Waals surface area contributed by atoms with Gasteiger partial charge in [-0.05, 0) is 24.3 Å². The van der Waals surface area contributed by atoms with Gasteiger partial charge >= 0.3 is 0 Å². The highest BCUT2D eigenvalue weighted by Gasteiger charge is 2.25. The summed E-state index contributed by atoms with van der Waals surface area (Å²) in [6, 6.07) is 6.85. The highest BCUT2D eigenvalue weighted by atomic mass is 16.5. The minimum absolute atomic E-state index is 0.122. The molecule has 2 aromatic heterocycles.